The molecule has 0 aliphatic carbocycles. The van der Waals surface area contributed by atoms with Crippen LogP contribution < -0.4 is 11.3 Å². The Labute approximate surface area is 104 Å². The molecule has 0 aliphatic heterocycles. The minimum absolute atomic E-state index is 0.171. The lowest BCUT2D eigenvalue weighted by Gasteiger charge is -2.16. The largest absolute Gasteiger partial charge is 0.271 e. The van der Waals surface area contributed by atoms with Gasteiger partial charge in [-0.15, -0.1) is 10.2 Å². The molecule has 1 aromatic heterocycles. The molecule has 1 unspecified atom stereocenters. The van der Waals surface area contributed by atoms with Crippen LogP contribution in [0.1, 0.15) is 23.0 Å². The third-order valence-corrected chi connectivity index (χ3v) is 2.74. The Morgan fingerprint density at radius 3 is 2.83 bits per heavy atom. The second kappa shape index (κ2) is 5.19. The Hall–Kier alpha value is -1.86. The van der Waals surface area contributed by atoms with Crippen LogP contribution in [-0.4, -0.2) is 20.2 Å². The molecule has 0 saturated heterocycles. The lowest BCUT2D eigenvalue weighted by atomic mass is 9.99. The molecule has 3 N–H and O–H groups in total. The SMILES string of the molecule is Cc1cc(F)ccc1C(Cc1nnn(C)n1)NN. The summed E-state index contributed by atoms with van der Waals surface area (Å²) in [6, 6.07) is 4.43. The number of nitrogens with one attached hydrogen (secondary N) is 1. The molecule has 1 aromatic carbocycles. The van der Waals surface area contributed by atoms with Crippen molar-refractivity contribution in [3.05, 3.63) is 41.0 Å². The maximum absolute atomic E-state index is 13.1. The van der Waals surface area contributed by atoms with Gasteiger partial charge in [0, 0.05) is 6.42 Å². The van der Waals surface area contributed by atoms with E-state index in [9.17, 15) is 4.39 Å². The number of hydrogen-bond acceptors (Lipinski definition) is 5. The van der Waals surface area contributed by atoms with Crippen molar-refractivity contribution in [2.45, 2.75) is 19.4 Å². The number of aromatic nitrogens is 4. The van der Waals surface area contributed by atoms with Gasteiger partial charge in [-0.2, -0.15) is 4.80 Å². The highest BCUT2D eigenvalue weighted by Crippen LogP contribution is 2.20. The van der Waals surface area contributed by atoms with Crippen LogP contribution >= 0.6 is 0 Å². The molecule has 18 heavy (non-hydrogen) atoms. The van der Waals surface area contributed by atoms with Gasteiger partial charge >= 0.3 is 0 Å². The highest BCUT2D eigenvalue weighted by molar-refractivity contribution is 5.30. The number of rotatable bonds is 4. The van der Waals surface area contributed by atoms with Crippen molar-refractivity contribution in [1.82, 2.24) is 25.6 Å². The van der Waals surface area contributed by atoms with Crippen molar-refractivity contribution in [2.75, 3.05) is 0 Å². The van der Waals surface area contributed by atoms with E-state index in [1.54, 1.807) is 13.1 Å². The van der Waals surface area contributed by atoms with Gasteiger partial charge in [0.1, 0.15) is 5.82 Å². The zero-order valence-electron chi connectivity index (χ0n) is 10.3. The molecule has 96 valence electrons. The van der Waals surface area contributed by atoms with Gasteiger partial charge < -0.3 is 0 Å². The molecule has 7 heteroatoms. The van der Waals surface area contributed by atoms with E-state index in [0.717, 1.165) is 11.1 Å². The maximum atomic E-state index is 13.1. The van der Waals surface area contributed by atoms with Gasteiger partial charge in [-0.25, -0.2) is 4.39 Å². The van der Waals surface area contributed by atoms with Crippen LogP contribution in [0.5, 0.6) is 0 Å². The summed E-state index contributed by atoms with van der Waals surface area (Å²) in [5, 5.41) is 11.8. The Kier molecular flexibility index (Phi) is 3.63. The predicted octanol–water partition coefficient (Wildman–Crippen LogP) is 0.405. The standard InChI is InChI=1S/C11H15FN6/c1-7-5-8(12)3-4-9(7)10(14-13)6-11-15-17-18(2)16-11/h3-5,10,14H,6,13H2,1-2H3. The number of halogens is 1. The van der Waals surface area contributed by atoms with Gasteiger partial charge in [0.05, 0.1) is 13.1 Å². The van der Waals surface area contributed by atoms with Crippen LogP contribution in [0.4, 0.5) is 4.39 Å². The first kappa shape index (κ1) is 12.6. The molecular weight excluding hydrogens is 235 g/mol. The summed E-state index contributed by atoms with van der Waals surface area (Å²) in [6.07, 6.45) is 0.497. The molecule has 2 aromatic rings. The molecule has 1 heterocycles. The molecule has 1 atom stereocenters. The summed E-state index contributed by atoms with van der Waals surface area (Å²) in [7, 11) is 1.70. The molecule has 0 saturated carbocycles. The molecule has 0 radical (unpaired) electrons. The molecule has 0 amide bonds. The molecule has 6 nitrogen and oxygen atoms in total. The second-order valence-electron chi connectivity index (χ2n) is 4.12. The molecule has 2 rings (SSSR count). The van der Waals surface area contributed by atoms with Crippen LogP contribution in [0.2, 0.25) is 0 Å². The van der Waals surface area contributed by atoms with Crippen LogP contribution in [0.15, 0.2) is 18.2 Å². The molecule has 0 aliphatic rings. The van der Waals surface area contributed by atoms with E-state index >= 15 is 0 Å². The van der Waals surface area contributed by atoms with Gasteiger partial charge in [-0.05, 0) is 35.4 Å². The average molecular weight is 250 g/mol. The Balaban J connectivity index is 2.22. The van der Waals surface area contributed by atoms with Crippen molar-refractivity contribution in [2.24, 2.45) is 12.9 Å². The summed E-state index contributed by atoms with van der Waals surface area (Å²) in [4.78, 5) is 1.39. The van der Waals surface area contributed by atoms with Gasteiger partial charge in [-0.3, -0.25) is 11.3 Å². The number of aryl methyl sites for hydroxylation is 2. The number of nitrogens with two attached hydrogens (primary N) is 1. The summed E-state index contributed by atoms with van der Waals surface area (Å²) in [5.74, 6) is 5.87. The van der Waals surface area contributed by atoms with E-state index in [2.05, 4.69) is 20.8 Å². The third kappa shape index (κ3) is 2.69. The van der Waals surface area contributed by atoms with Crippen LogP contribution in [0.3, 0.4) is 0 Å². The van der Waals surface area contributed by atoms with Crippen molar-refractivity contribution in [3.63, 3.8) is 0 Å². The van der Waals surface area contributed by atoms with Crippen LogP contribution in [0.25, 0.3) is 0 Å². The van der Waals surface area contributed by atoms with E-state index in [4.69, 9.17) is 5.84 Å². The number of tetrazole rings is 1. The zero-order chi connectivity index (χ0) is 13.1. The van der Waals surface area contributed by atoms with Crippen LogP contribution in [-0.2, 0) is 13.5 Å². The first-order chi connectivity index (χ1) is 8.60. The fourth-order valence-electron chi connectivity index (χ4n) is 1.88. The van der Waals surface area contributed by atoms with Gasteiger partial charge in [0.25, 0.3) is 0 Å². The van der Waals surface area contributed by atoms with E-state index in [1.165, 1.54) is 16.9 Å². The van der Waals surface area contributed by atoms with Crippen molar-refractivity contribution < 1.29 is 4.39 Å². The number of benzene rings is 1. The predicted molar refractivity (Wildman–Crippen MR) is 63.7 cm³/mol. The fraction of sp³-hybridized carbons (Fsp3) is 0.364. The lowest BCUT2D eigenvalue weighted by molar-refractivity contribution is 0.531. The Morgan fingerprint density at radius 1 is 1.50 bits per heavy atom. The minimum atomic E-state index is -0.260. The fourth-order valence-corrected chi connectivity index (χ4v) is 1.88. The minimum Gasteiger partial charge on any atom is -0.271 e. The number of hydrogen-bond donors (Lipinski definition) is 2. The normalized spacial score (nSPS) is 12.7. The summed E-state index contributed by atoms with van der Waals surface area (Å²) < 4.78 is 13.1. The van der Waals surface area contributed by atoms with E-state index in [-0.39, 0.29) is 11.9 Å². The molecule has 0 spiro atoms. The monoisotopic (exact) mass is 250 g/mol. The van der Waals surface area contributed by atoms with Gasteiger partial charge in [-0.1, -0.05) is 6.07 Å². The highest BCUT2D eigenvalue weighted by atomic mass is 19.1. The topological polar surface area (TPSA) is 81.7 Å². The van der Waals surface area contributed by atoms with E-state index in [1.807, 2.05) is 6.92 Å². The smallest absolute Gasteiger partial charge is 0.176 e. The zero-order valence-corrected chi connectivity index (χ0v) is 10.3. The quantitative estimate of drug-likeness (QED) is 0.606. The third-order valence-electron chi connectivity index (χ3n) is 2.74. The Morgan fingerprint density at radius 2 is 2.28 bits per heavy atom. The molecular formula is C11H15FN6. The lowest BCUT2D eigenvalue weighted by Crippen LogP contribution is -2.30. The summed E-state index contributed by atoms with van der Waals surface area (Å²) in [5.41, 5.74) is 4.45. The van der Waals surface area contributed by atoms with Gasteiger partial charge in [0.2, 0.25) is 0 Å². The van der Waals surface area contributed by atoms with E-state index in [0.29, 0.717) is 12.2 Å². The van der Waals surface area contributed by atoms with Crippen molar-refractivity contribution in [1.29, 1.82) is 0 Å². The first-order valence-corrected chi connectivity index (χ1v) is 5.55. The average Bonchev–Trinajstić information content (AvgIpc) is 2.72. The number of nitrogens with zero attached hydrogens (tertiary/aromatic N) is 4. The first-order valence-electron chi connectivity index (χ1n) is 5.55. The Bertz CT molecular complexity index is 538. The van der Waals surface area contributed by atoms with E-state index < -0.39 is 0 Å². The number of hydrazine groups is 1. The summed E-state index contributed by atoms with van der Waals surface area (Å²) in [6.45, 7) is 1.84. The van der Waals surface area contributed by atoms with Crippen molar-refractivity contribution >= 4 is 0 Å². The molecule has 0 fully saturated rings. The second-order valence-corrected chi connectivity index (χ2v) is 4.12. The summed E-state index contributed by atoms with van der Waals surface area (Å²) >= 11 is 0. The van der Waals surface area contributed by atoms with Gasteiger partial charge in [0.15, 0.2) is 5.82 Å². The van der Waals surface area contributed by atoms with Crippen LogP contribution in [0, 0.1) is 12.7 Å². The maximum Gasteiger partial charge on any atom is 0.176 e. The highest BCUT2D eigenvalue weighted by Gasteiger charge is 2.16. The molecule has 0 bridgehead atoms. The van der Waals surface area contributed by atoms with Crippen molar-refractivity contribution in [3.8, 4) is 0 Å².